The van der Waals surface area contributed by atoms with Gasteiger partial charge in [0.25, 0.3) is 5.91 Å². The second-order valence-corrected chi connectivity index (χ2v) is 5.50. The van der Waals surface area contributed by atoms with Gasteiger partial charge in [-0.05, 0) is 62.4 Å². The number of hydrogen-bond donors (Lipinski definition) is 1. The van der Waals surface area contributed by atoms with Crippen LogP contribution in [0.1, 0.15) is 24.2 Å². The molecule has 1 amide bonds. The van der Waals surface area contributed by atoms with Crippen LogP contribution in [0.5, 0.6) is 5.75 Å². The molecular weight excluding hydrogens is 341 g/mol. The Labute approximate surface area is 149 Å². The van der Waals surface area contributed by atoms with Crippen molar-refractivity contribution in [2.75, 3.05) is 11.9 Å². The number of benzene rings is 2. The molecule has 0 saturated heterocycles. The number of rotatable bonds is 7. The number of ether oxygens (including phenoxy) is 2. The van der Waals surface area contributed by atoms with E-state index in [0.717, 1.165) is 0 Å². The van der Waals surface area contributed by atoms with Crippen molar-refractivity contribution < 1.29 is 28.2 Å². The molecule has 26 heavy (non-hydrogen) atoms. The lowest BCUT2D eigenvalue weighted by Crippen LogP contribution is -2.31. The molecule has 0 unspecified atom stereocenters. The van der Waals surface area contributed by atoms with Crippen LogP contribution in [-0.4, -0.2) is 30.4 Å². The number of nitrogens with one attached hydrogen (secondary N) is 1. The average Bonchev–Trinajstić information content (AvgIpc) is 2.62. The van der Waals surface area contributed by atoms with E-state index in [-0.39, 0.29) is 12.4 Å². The predicted molar refractivity (Wildman–Crippen MR) is 92.5 cm³/mol. The molecule has 2 aromatic rings. The van der Waals surface area contributed by atoms with E-state index in [1.165, 1.54) is 38.1 Å². The molecule has 0 saturated carbocycles. The van der Waals surface area contributed by atoms with E-state index in [4.69, 9.17) is 9.47 Å². The van der Waals surface area contributed by atoms with Crippen molar-refractivity contribution in [1.29, 1.82) is 0 Å². The second-order valence-electron chi connectivity index (χ2n) is 5.50. The molecule has 7 heteroatoms. The van der Waals surface area contributed by atoms with Crippen LogP contribution in [0.2, 0.25) is 0 Å². The van der Waals surface area contributed by atoms with Gasteiger partial charge in [-0.15, -0.1) is 0 Å². The van der Waals surface area contributed by atoms with E-state index in [9.17, 15) is 18.8 Å². The summed E-state index contributed by atoms with van der Waals surface area (Å²) in [6.45, 7) is 2.48. The normalized spacial score (nSPS) is 11.3. The number of Topliss-reactive ketones (excluding diaryl/α,β-unsaturated/α-hetero) is 1. The summed E-state index contributed by atoms with van der Waals surface area (Å²) in [6.07, 6.45) is -1.05. The van der Waals surface area contributed by atoms with Crippen molar-refractivity contribution in [2.24, 2.45) is 0 Å². The maximum Gasteiger partial charge on any atom is 0.344 e. The first-order valence-electron chi connectivity index (χ1n) is 7.85. The van der Waals surface area contributed by atoms with Crippen LogP contribution in [0.15, 0.2) is 48.5 Å². The number of carbonyl (C=O) groups excluding carboxylic acids is 3. The third-order valence-corrected chi connectivity index (χ3v) is 3.41. The summed E-state index contributed by atoms with van der Waals surface area (Å²) in [4.78, 5) is 34.9. The molecule has 0 spiro atoms. The zero-order valence-corrected chi connectivity index (χ0v) is 14.3. The molecule has 0 aliphatic rings. The Morgan fingerprint density at radius 3 is 2.23 bits per heavy atom. The molecule has 6 nitrogen and oxygen atoms in total. The summed E-state index contributed by atoms with van der Waals surface area (Å²) in [5.41, 5.74) is 0.923. The molecule has 0 bridgehead atoms. The van der Waals surface area contributed by atoms with Crippen molar-refractivity contribution in [3.63, 3.8) is 0 Å². The third-order valence-electron chi connectivity index (χ3n) is 3.41. The van der Waals surface area contributed by atoms with Gasteiger partial charge in [0, 0.05) is 11.3 Å². The van der Waals surface area contributed by atoms with Gasteiger partial charge in [0.15, 0.2) is 18.5 Å². The molecule has 2 rings (SSSR count). The number of esters is 1. The first kappa shape index (κ1) is 19.1. The minimum Gasteiger partial charge on any atom is -0.482 e. The molecule has 2 aromatic carbocycles. The Bertz CT molecular complexity index is 787. The summed E-state index contributed by atoms with van der Waals surface area (Å²) in [7, 11) is 0. The topological polar surface area (TPSA) is 81.7 Å². The lowest BCUT2D eigenvalue weighted by atomic mass is 10.1. The highest BCUT2D eigenvalue weighted by Gasteiger charge is 2.18. The lowest BCUT2D eigenvalue weighted by Gasteiger charge is -2.14. The summed E-state index contributed by atoms with van der Waals surface area (Å²) < 4.78 is 23.1. The minimum atomic E-state index is -1.05. The first-order chi connectivity index (χ1) is 12.3. The van der Waals surface area contributed by atoms with E-state index in [0.29, 0.717) is 17.0 Å². The highest BCUT2D eigenvalue weighted by molar-refractivity contribution is 5.95. The Balaban J connectivity index is 1.79. The maximum atomic E-state index is 12.8. The Kier molecular flexibility index (Phi) is 6.43. The van der Waals surface area contributed by atoms with E-state index >= 15 is 0 Å². The molecule has 0 fully saturated rings. The van der Waals surface area contributed by atoms with Crippen LogP contribution >= 0.6 is 0 Å². The van der Waals surface area contributed by atoms with Gasteiger partial charge >= 0.3 is 5.97 Å². The van der Waals surface area contributed by atoms with Gasteiger partial charge in [0.05, 0.1) is 0 Å². The summed E-state index contributed by atoms with van der Waals surface area (Å²) in [5, 5.41) is 2.51. The van der Waals surface area contributed by atoms with E-state index < -0.39 is 23.8 Å². The van der Waals surface area contributed by atoms with Crippen molar-refractivity contribution in [3.05, 3.63) is 59.9 Å². The zero-order chi connectivity index (χ0) is 19.1. The summed E-state index contributed by atoms with van der Waals surface area (Å²) >= 11 is 0. The fourth-order valence-electron chi connectivity index (χ4n) is 1.99. The largest absolute Gasteiger partial charge is 0.482 e. The van der Waals surface area contributed by atoms with Crippen molar-refractivity contribution in [1.82, 2.24) is 0 Å². The van der Waals surface area contributed by atoms with Crippen LogP contribution < -0.4 is 10.1 Å². The number of hydrogen-bond acceptors (Lipinski definition) is 5. The maximum absolute atomic E-state index is 12.8. The number of anilines is 1. The van der Waals surface area contributed by atoms with Crippen LogP contribution in [0.25, 0.3) is 0 Å². The fraction of sp³-hybridized carbons (Fsp3) is 0.211. The second kappa shape index (κ2) is 8.75. The standard InChI is InChI=1S/C19H18FNO5/c1-12(22)14-3-9-17(10-4-14)25-11-18(23)26-13(2)19(24)21-16-7-5-15(20)6-8-16/h3-10,13H,11H2,1-2H3,(H,21,24)/t13-/m1/s1. The number of amides is 1. The van der Waals surface area contributed by atoms with E-state index in [2.05, 4.69) is 5.32 Å². The summed E-state index contributed by atoms with van der Waals surface area (Å²) in [5.74, 6) is -1.36. The smallest absolute Gasteiger partial charge is 0.344 e. The SMILES string of the molecule is CC(=O)c1ccc(OCC(=O)O[C@H](C)C(=O)Nc2ccc(F)cc2)cc1. The Morgan fingerprint density at radius 2 is 1.65 bits per heavy atom. The quantitative estimate of drug-likeness (QED) is 0.607. The van der Waals surface area contributed by atoms with Gasteiger partial charge in [-0.3, -0.25) is 9.59 Å². The lowest BCUT2D eigenvalue weighted by molar-refractivity contribution is -0.155. The Hall–Kier alpha value is -3.22. The molecular formula is C19H18FNO5. The van der Waals surface area contributed by atoms with E-state index in [1.807, 2.05) is 0 Å². The van der Waals surface area contributed by atoms with Gasteiger partial charge in [-0.25, -0.2) is 9.18 Å². The Morgan fingerprint density at radius 1 is 1.04 bits per heavy atom. The molecule has 136 valence electrons. The van der Waals surface area contributed by atoms with Gasteiger partial charge < -0.3 is 14.8 Å². The van der Waals surface area contributed by atoms with Crippen molar-refractivity contribution in [2.45, 2.75) is 20.0 Å². The van der Waals surface area contributed by atoms with Crippen molar-refractivity contribution >= 4 is 23.3 Å². The van der Waals surface area contributed by atoms with Gasteiger partial charge in [0.2, 0.25) is 0 Å². The molecule has 0 aromatic heterocycles. The number of halogens is 1. The van der Waals surface area contributed by atoms with Gasteiger partial charge in [0.1, 0.15) is 11.6 Å². The fourth-order valence-corrected chi connectivity index (χ4v) is 1.99. The predicted octanol–water partition coefficient (Wildman–Crippen LogP) is 2.98. The molecule has 1 N–H and O–H groups in total. The highest BCUT2D eigenvalue weighted by atomic mass is 19.1. The van der Waals surface area contributed by atoms with Crippen LogP contribution in [0.3, 0.4) is 0 Å². The summed E-state index contributed by atoms with van der Waals surface area (Å²) in [6, 6.07) is 11.5. The molecule has 0 radical (unpaired) electrons. The zero-order valence-electron chi connectivity index (χ0n) is 14.3. The minimum absolute atomic E-state index is 0.0723. The van der Waals surface area contributed by atoms with E-state index in [1.54, 1.807) is 24.3 Å². The van der Waals surface area contributed by atoms with Crippen LogP contribution in [-0.2, 0) is 14.3 Å². The number of carbonyl (C=O) groups is 3. The average molecular weight is 359 g/mol. The molecule has 0 aliphatic carbocycles. The molecule has 0 heterocycles. The van der Waals surface area contributed by atoms with Crippen LogP contribution in [0, 0.1) is 5.82 Å². The molecule has 1 atom stereocenters. The first-order valence-corrected chi connectivity index (χ1v) is 7.85. The number of ketones is 1. The third kappa shape index (κ3) is 5.70. The highest BCUT2D eigenvalue weighted by Crippen LogP contribution is 2.13. The van der Waals surface area contributed by atoms with Gasteiger partial charge in [-0.2, -0.15) is 0 Å². The van der Waals surface area contributed by atoms with Crippen molar-refractivity contribution in [3.8, 4) is 5.75 Å². The van der Waals surface area contributed by atoms with Gasteiger partial charge in [-0.1, -0.05) is 0 Å². The molecule has 0 aliphatic heterocycles. The monoisotopic (exact) mass is 359 g/mol. The van der Waals surface area contributed by atoms with Crippen LogP contribution in [0.4, 0.5) is 10.1 Å².